The van der Waals surface area contributed by atoms with Crippen molar-refractivity contribution in [3.63, 3.8) is 0 Å². The quantitative estimate of drug-likeness (QED) is 0.756. The van der Waals surface area contributed by atoms with Crippen molar-refractivity contribution in [2.75, 3.05) is 5.32 Å². The minimum atomic E-state index is -0.129. The van der Waals surface area contributed by atoms with Gasteiger partial charge in [-0.15, -0.1) is 0 Å². The number of carbonyl (C=O) groups is 1. The van der Waals surface area contributed by atoms with Crippen molar-refractivity contribution in [2.24, 2.45) is 0 Å². The van der Waals surface area contributed by atoms with Crippen molar-refractivity contribution in [3.05, 3.63) is 60.7 Å². The maximum absolute atomic E-state index is 11.8. The zero-order chi connectivity index (χ0) is 13.8. The van der Waals surface area contributed by atoms with E-state index in [0.717, 1.165) is 11.3 Å². The van der Waals surface area contributed by atoms with Crippen LogP contribution in [0.4, 0.5) is 5.95 Å². The van der Waals surface area contributed by atoms with Gasteiger partial charge in [0.25, 0.3) is 0 Å². The SMILES string of the molecule is O=C(Cc1ccc(-n2cccc2)cc1)Nc1ncn[nH]1. The standard InChI is InChI=1S/C14H13N5O/c20-13(17-14-15-10-16-18-14)9-11-3-5-12(6-4-11)19-7-1-2-8-19/h1-8,10H,9H2,(H2,15,16,17,18,20). The molecule has 0 atom stereocenters. The van der Waals surface area contributed by atoms with Gasteiger partial charge in [0.15, 0.2) is 0 Å². The summed E-state index contributed by atoms with van der Waals surface area (Å²) in [5, 5.41) is 8.89. The van der Waals surface area contributed by atoms with Crippen molar-refractivity contribution in [1.82, 2.24) is 19.7 Å². The van der Waals surface area contributed by atoms with E-state index in [1.165, 1.54) is 6.33 Å². The van der Waals surface area contributed by atoms with E-state index >= 15 is 0 Å². The molecule has 0 saturated heterocycles. The first-order valence-corrected chi connectivity index (χ1v) is 6.19. The molecule has 3 rings (SSSR count). The monoisotopic (exact) mass is 267 g/mol. The molecule has 6 nitrogen and oxygen atoms in total. The number of aromatic amines is 1. The predicted octanol–water partition coefficient (Wildman–Crippen LogP) is 1.78. The fraction of sp³-hybridized carbons (Fsp3) is 0.0714. The number of benzene rings is 1. The number of aromatic nitrogens is 4. The molecule has 100 valence electrons. The van der Waals surface area contributed by atoms with Crippen LogP contribution in [0.5, 0.6) is 0 Å². The molecule has 6 heteroatoms. The Kier molecular flexibility index (Phi) is 3.28. The second kappa shape index (κ2) is 5.40. The largest absolute Gasteiger partial charge is 0.324 e. The number of hydrogen-bond donors (Lipinski definition) is 2. The molecule has 20 heavy (non-hydrogen) atoms. The number of rotatable bonds is 4. The van der Waals surface area contributed by atoms with Gasteiger partial charge < -0.3 is 4.57 Å². The maximum Gasteiger partial charge on any atom is 0.231 e. The smallest absolute Gasteiger partial charge is 0.231 e. The van der Waals surface area contributed by atoms with Gasteiger partial charge in [-0.3, -0.25) is 10.1 Å². The lowest BCUT2D eigenvalue weighted by Gasteiger charge is -2.05. The van der Waals surface area contributed by atoms with Crippen LogP contribution in [-0.2, 0) is 11.2 Å². The van der Waals surface area contributed by atoms with Crippen LogP contribution < -0.4 is 5.32 Å². The summed E-state index contributed by atoms with van der Waals surface area (Å²) >= 11 is 0. The van der Waals surface area contributed by atoms with Gasteiger partial charge in [0.1, 0.15) is 6.33 Å². The lowest BCUT2D eigenvalue weighted by molar-refractivity contribution is -0.115. The van der Waals surface area contributed by atoms with Gasteiger partial charge >= 0.3 is 0 Å². The van der Waals surface area contributed by atoms with Crippen LogP contribution in [0, 0.1) is 0 Å². The summed E-state index contributed by atoms with van der Waals surface area (Å²) in [5.41, 5.74) is 2.01. The maximum atomic E-state index is 11.8. The molecular weight excluding hydrogens is 254 g/mol. The molecule has 0 aliphatic heterocycles. The highest BCUT2D eigenvalue weighted by molar-refractivity contribution is 5.90. The Balaban J connectivity index is 1.65. The Labute approximate surface area is 115 Å². The van der Waals surface area contributed by atoms with Crippen LogP contribution in [0.1, 0.15) is 5.56 Å². The second-order valence-corrected chi connectivity index (χ2v) is 4.32. The number of nitrogens with zero attached hydrogens (tertiary/aromatic N) is 3. The number of hydrogen-bond acceptors (Lipinski definition) is 3. The van der Waals surface area contributed by atoms with Crippen LogP contribution >= 0.6 is 0 Å². The van der Waals surface area contributed by atoms with E-state index in [1.807, 2.05) is 53.4 Å². The summed E-state index contributed by atoms with van der Waals surface area (Å²) < 4.78 is 2.01. The molecule has 1 aromatic carbocycles. The highest BCUT2D eigenvalue weighted by Gasteiger charge is 2.05. The van der Waals surface area contributed by atoms with Crippen molar-refractivity contribution in [3.8, 4) is 5.69 Å². The van der Waals surface area contributed by atoms with Crippen molar-refractivity contribution < 1.29 is 4.79 Å². The summed E-state index contributed by atoms with van der Waals surface area (Å²) in [7, 11) is 0. The molecule has 1 amide bonds. The summed E-state index contributed by atoms with van der Waals surface area (Å²) in [4.78, 5) is 15.6. The zero-order valence-corrected chi connectivity index (χ0v) is 10.7. The first-order chi connectivity index (χ1) is 9.81. The van der Waals surface area contributed by atoms with E-state index in [1.54, 1.807) is 0 Å². The molecule has 0 unspecified atom stereocenters. The molecule has 0 aliphatic carbocycles. The van der Waals surface area contributed by atoms with Crippen molar-refractivity contribution in [2.45, 2.75) is 6.42 Å². The Morgan fingerprint density at radius 3 is 2.60 bits per heavy atom. The Morgan fingerprint density at radius 1 is 1.20 bits per heavy atom. The van der Waals surface area contributed by atoms with Crippen LogP contribution in [0.15, 0.2) is 55.1 Å². The van der Waals surface area contributed by atoms with E-state index in [0.29, 0.717) is 12.4 Å². The lowest BCUT2D eigenvalue weighted by Crippen LogP contribution is -2.15. The molecule has 0 radical (unpaired) electrons. The van der Waals surface area contributed by atoms with Gasteiger partial charge in [-0.25, -0.2) is 5.10 Å². The van der Waals surface area contributed by atoms with Crippen LogP contribution in [0.3, 0.4) is 0 Å². The first kappa shape index (κ1) is 12.2. The molecule has 0 saturated carbocycles. The molecule has 0 fully saturated rings. The third kappa shape index (κ3) is 2.74. The summed E-state index contributed by atoms with van der Waals surface area (Å²) in [5.74, 6) is 0.231. The van der Waals surface area contributed by atoms with Crippen LogP contribution in [-0.4, -0.2) is 25.7 Å². The van der Waals surface area contributed by atoms with Gasteiger partial charge in [0.05, 0.1) is 6.42 Å². The number of carbonyl (C=O) groups excluding carboxylic acids is 1. The van der Waals surface area contributed by atoms with E-state index < -0.39 is 0 Å². The molecule has 2 N–H and O–H groups in total. The average molecular weight is 267 g/mol. The Morgan fingerprint density at radius 2 is 1.95 bits per heavy atom. The van der Waals surface area contributed by atoms with Crippen LogP contribution in [0.25, 0.3) is 5.69 Å². The van der Waals surface area contributed by atoms with Gasteiger partial charge in [0.2, 0.25) is 11.9 Å². The van der Waals surface area contributed by atoms with E-state index in [2.05, 4.69) is 20.5 Å². The number of anilines is 1. The second-order valence-electron chi connectivity index (χ2n) is 4.32. The van der Waals surface area contributed by atoms with Crippen molar-refractivity contribution in [1.29, 1.82) is 0 Å². The first-order valence-electron chi connectivity index (χ1n) is 6.19. The summed E-state index contributed by atoms with van der Waals surface area (Å²) in [6, 6.07) is 11.8. The Bertz CT molecular complexity index is 671. The van der Waals surface area contributed by atoms with Crippen LogP contribution in [0.2, 0.25) is 0 Å². The highest BCUT2D eigenvalue weighted by atomic mass is 16.1. The average Bonchev–Trinajstić information content (AvgIpc) is 3.12. The normalized spacial score (nSPS) is 10.4. The fourth-order valence-corrected chi connectivity index (χ4v) is 1.92. The number of amides is 1. The predicted molar refractivity (Wildman–Crippen MR) is 74.5 cm³/mol. The highest BCUT2D eigenvalue weighted by Crippen LogP contribution is 2.10. The number of H-pyrrole nitrogens is 1. The summed E-state index contributed by atoms with van der Waals surface area (Å²) in [6.45, 7) is 0. The number of nitrogens with one attached hydrogen (secondary N) is 2. The molecule has 0 bridgehead atoms. The zero-order valence-electron chi connectivity index (χ0n) is 10.7. The third-order valence-electron chi connectivity index (χ3n) is 2.88. The third-order valence-corrected chi connectivity index (χ3v) is 2.88. The van der Waals surface area contributed by atoms with Gasteiger partial charge in [-0.05, 0) is 29.8 Å². The fourth-order valence-electron chi connectivity index (χ4n) is 1.92. The molecule has 2 aromatic heterocycles. The van der Waals surface area contributed by atoms with Gasteiger partial charge in [-0.2, -0.15) is 10.1 Å². The Hall–Kier alpha value is -2.89. The minimum absolute atomic E-state index is 0.129. The van der Waals surface area contributed by atoms with E-state index in [4.69, 9.17) is 0 Å². The molecule has 2 heterocycles. The molecule has 3 aromatic rings. The van der Waals surface area contributed by atoms with E-state index in [9.17, 15) is 4.79 Å². The minimum Gasteiger partial charge on any atom is -0.324 e. The lowest BCUT2D eigenvalue weighted by atomic mass is 10.1. The van der Waals surface area contributed by atoms with Gasteiger partial charge in [0, 0.05) is 18.1 Å². The summed E-state index contributed by atoms with van der Waals surface area (Å²) in [6.07, 6.45) is 5.60. The van der Waals surface area contributed by atoms with E-state index in [-0.39, 0.29) is 5.91 Å². The molecule has 0 aliphatic rings. The van der Waals surface area contributed by atoms with Crippen molar-refractivity contribution >= 4 is 11.9 Å². The molecule has 0 spiro atoms. The molecular formula is C14H13N5O. The van der Waals surface area contributed by atoms with Gasteiger partial charge in [-0.1, -0.05) is 12.1 Å². The topological polar surface area (TPSA) is 75.6 Å².